The van der Waals surface area contributed by atoms with E-state index in [0.717, 1.165) is 23.1 Å². The molecular weight excluding hydrogens is 284 g/mol. The summed E-state index contributed by atoms with van der Waals surface area (Å²) in [6, 6.07) is 9.87. The molecule has 108 valence electrons. The van der Waals surface area contributed by atoms with Crippen LogP contribution in [-0.4, -0.2) is 33.0 Å². The average Bonchev–Trinajstić information content (AvgIpc) is 2.94. The molecule has 0 aliphatic heterocycles. The van der Waals surface area contributed by atoms with Gasteiger partial charge in [0.1, 0.15) is 0 Å². The second kappa shape index (κ2) is 7.50. The van der Waals surface area contributed by atoms with E-state index in [1.807, 2.05) is 41.8 Å². The SMILES string of the molecule is C#CCNC(=O)CSc1nnc(-c2ccccc2)n1CC. The van der Waals surface area contributed by atoms with Crippen LogP contribution < -0.4 is 5.32 Å². The Morgan fingerprint density at radius 2 is 2.14 bits per heavy atom. The first-order valence-electron chi connectivity index (χ1n) is 6.57. The Morgan fingerprint density at radius 1 is 1.38 bits per heavy atom. The number of rotatable bonds is 6. The number of carbonyl (C=O) groups excluding carboxylic acids is 1. The Morgan fingerprint density at radius 3 is 2.81 bits per heavy atom. The molecule has 2 rings (SSSR count). The summed E-state index contributed by atoms with van der Waals surface area (Å²) < 4.78 is 1.99. The molecule has 1 aromatic heterocycles. The fourth-order valence-electron chi connectivity index (χ4n) is 1.81. The zero-order chi connectivity index (χ0) is 15.1. The van der Waals surface area contributed by atoms with Crippen LogP contribution >= 0.6 is 11.8 Å². The highest BCUT2D eigenvalue weighted by atomic mass is 32.2. The van der Waals surface area contributed by atoms with Crippen LogP contribution in [0.2, 0.25) is 0 Å². The lowest BCUT2D eigenvalue weighted by Crippen LogP contribution is -2.25. The summed E-state index contributed by atoms with van der Waals surface area (Å²) in [6.07, 6.45) is 5.10. The molecule has 5 nitrogen and oxygen atoms in total. The molecule has 0 fully saturated rings. The summed E-state index contributed by atoms with van der Waals surface area (Å²) in [5.41, 5.74) is 1.01. The van der Waals surface area contributed by atoms with Gasteiger partial charge in [-0.25, -0.2) is 0 Å². The summed E-state index contributed by atoms with van der Waals surface area (Å²) >= 11 is 1.35. The third kappa shape index (κ3) is 3.86. The molecule has 1 amide bonds. The van der Waals surface area contributed by atoms with Gasteiger partial charge in [-0.3, -0.25) is 4.79 Å². The van der Waals surface area contributed by atoms with Gasteiger partial charge in [-0.1, -0.05) is 48.0 Å². The van der Waals surface area contributed by atoms with Crippen LogP contribution in [0.3, 0.4) is 0 Å². The lowest BCUT2D eigenvalue weighted by molar-refractivity contribution is -0.118. The van der Waals surface area contributed by atoms with Crippen molar-refractivity contribution in [2.24, 2.45) is 0 Å². The minimum atomic E-state index is -0.107. The minimum absolute atomic E-state index is 0.107. The van der Waals surface area contributed by atoms with Crippen molar-refractivity contribution in [2.75, 3.05) is 12.3 Å². The van der Waals surface area contributed by atoms with Gasteiger partial charge in [0.25, 0.3) is 0 Å². The fraction of sp³-hybridized carbons (Fsp3) is 0.267. The minimum Gasteiger partial charge on any atom is -0.344 e. The Balaban J connectivity index is 2.10. The smallest absolute Gasteiger partial charge is 0.231 e. The van der Waals surface area contributed by atoms with Crippen molar-refractivity contribution >= 4 is 17.7 Å². The highest BCUT2D eigenvalue weighted by Crippen LogP contribution is 2.23. The molecule has 0 saturated carbocycles. The van der Waals surface area contributed by atoms with E-state index in [0.29, 0.717) is 0 Å². The van der Waals surface area contributed by atoms with Crippen LogP contribution in [0.25, 0.3) is 11.4 Å². The van der Waals surface area contributed by atoms with E-state index in [2.05, 4.69) is 21.4 Å². The van der Waals surface area contributed by atoms with Crippen LogP contribution in [0.15, 0.2) is 35.5 Å². The second-order valence-corrected chi connectivity index (χ2v) is 5.13. The molecule has 0 aliphatic carbocycles. The molecule has 1 aromatic carbocycles. The Kier molecular flexibility index (Phi) is 5.41. The van der Waals surface area contributed by atoms with Crippen LogP contribution in [0.4, 0.5) is 0 Å². The fourth-order valence-corrected chi connectivity index (χ4v) is 2.64. The number of terminal acetylenes is 1. The van der Waals surface area contributed by atoms with Gasteiger partial charge in [-0.05, 0) is 6.92 Å². The van der Waals surface area contributed by atoms with Crippen LogP contribution in [0.5, 0.6) is 0 Å². The Bertz CT molecular complexity index is 645. The van der Waals surface area contributed by atoms with E-state index in [1.165, 1.54) is 11.8 Å². The number of nitrogens with zero attached hydrogens (tertiary/aromatic N) is 3. The van der Waals surface area contributed by atoms with Gasteiger partial charge in [-0.15, -0.1) is 16.6 Å². The lowest BCUT2D eigenvalue weighted by atomic mass is 10.2. The number of benzene rings is 1. The average molecular weight is 300 g/mol. The summed E-state index contributed by atoms with van der Waals surface area (Å²) in [6.45, 7) is 3.01. The number of hydrogen-bond donors (Lipinski definition) is 1. The van der Waals surface area contributed by atoms with Crippen molar-refractivity contribution in [1.29, 1.82) is 0 Å². The first-order valence-corrected chi connectivity index (χ1v) is 7.56. The summed E-state index contributed by atoms with van der Waals surface area (Å²) in [7, 11) is 0. The molecule has 2 aromatic rings. The van der Waals surface area contributed by atoms with E-state index < -0.39 is 0 Å². The van der Waals surface area contributed by atoms with Crippen molar-refractivity contribution in [2.45, 2.75) is 18.6 Å². The van der Waals surface area contributed by atoms with Gasteiger partial charge in [0.15, 0.2) is 11.0 Å². The van der Waals surface area contributed by atoms with E-state index in [1.54, 1.807) is 0 Å². The third-order valence-corrected chi connectivity index (χ3v) is 3.75. The summed E-state index contributed by atoms with van der Waals surface area (Å²) in [5, 5.41) is 11.8. The molecular formula is C15H16N4OS. The van der Waals surface area contributed by atoms with E-state index in [4.69, 9.17) is 6.42 Å². The summed E-state index contributed by atoms with van der Waals surface area (Å²) in [5.74, 6) is 3.35. The number of hydrogen-bond acceptors (Lipinski definition) is 4. The van der Waals surface area contributed by atoms with Crippen molar-refractivity contribution in [3.8, 4) is 23.7 Å². The first kappa shape index (κ1) is 15.1. The number of aromatic nitrogens is 3. The van der Waals surface area contributed by atoms with Crippen LogP contribution in [0.1, 0.15) is 6.92 Å². The monoisotopic (exact) mass is 300 g/mol. The van der Waals surface area contributed by atoms with Gasteiger partial charge in [-0.2, -0.15) is 0 Å². The van der Waals surface area contributed by atoms with E-state index >= 15 is 0 Å². The molecule has 0 radical (unpaired) electrons. The van der Waals surface area contributed by atoms with Gasteiger partial charge in [0.2, 0.25) is 5.91 Å². The molecule has 0 saturated heterocycles. The Labute approximate surface area is 128 Å². The molecule has 0 unspecified atom stereocenters. The zero-order valence-electron chi connectivity index (χ0n) is 11.7. The quantitative estimate of drug-likeness (QED) is 0.653. The molecule has 0 atom stereocenters. The normalized spacial score (nSPS) is 10.1. The number of nitrogens with one attached hydrogen (secondary N) is 1. The van der Waals surface area contributed by atoms with Gasteiger partial charge >= 0.3 is 0 Å². The van der Waals surface area contributed by atoms with Crippen molar-refractivity contribution < 1.29 is 4.79 Å². The predicted octanol–water partition coefficient (Wildman–Crippen LogP) is 1.81. The zero-order valence-corrected chi connectivity index (χ0v) is 12.6. The van der Waals surface area contributed by atoms with E-state index in [9.17, 15) is 4.79 Å². The maximum atomic E-state index is 11.6. The van der Waals surface area contributed by atoms with Gasteiger partial charge in [0.05, 0.1) is 12.3 Å². The highest BCUT2D eigenvalue weighted by Gasteiger charge is 2.13. The second-order valence-electron chi connectivity index (χ2n) is 4.19. The molecule has 1 N–H and O–H groups in total. The van der Waals surface area contributed by atoms with Crippen molar-refractivity contribution in [3.05, 3.63) is 30.3 Å². The van der Waals surface area contributed by atoms with Gasteiger partial charge < -0.3 is 9.88 Å². The summed E-state index contributed by atoms with van der Waals surface area (Å²) in [4.78, 5) is 11.6. The largest absolute Gasteiger partial charge is 0.344 e. The van der Waals surface area contributed by atoms with Crippen molar-refractivity contribution in [1.82, 2.24) is 20.1 Å². The highest BCUT2D eigenvalue weighted by molar-refractivity contribution is 7.99. The Hall–Kier alpha value is -2.26. The molecule has 0 bridgehead atoms. The van der Waals surface area contributed by atoms with Crippen LogP contribution in [-0.2, 0) is 11.3 Å². The van der Waals surface area contributed by atoms with Crippen molar-refractivity contribution in [3.63, 3.8) is 0 Å². The number of thioether (sulfide) groups is 1. The molecule has 1 heterocycles. The maximum absolute atomic E-state index is 11.6. The first-order chi connectivity index (χ1) is 10.3. The standard InChI is InChI=1S/C15H16N4OS/c1-3-10-16-13(20)11-21-15-18-17-14(19(15)4-2)12-8-6-5-7-9-12/h1,5-9H,4,10-11H2,2H3,(H,16,20). The molecule has 0 aliphatic rings. The van der Waals surface area contributed by atoms with E-state index in [-0.39, 0.29) is 18.2 Å². The third-order valence-electron chi connectivity index (χ3n) is 2.79. The molecule has 21 heavy (non-hydrogen) atoms. The predicted molar refractivity (Wildman–Crippen MR) is 83.7 cm³/mol. The van der Waals surface area contributed by atoms with Gasteiger partial charge in [0, 0.05) is 12.1 Å². The molecule has 6 heteroatoms. The number of amides is 1. The molecule has 0 spiro atoms. The topological polar surface area (TPSA) is 59.8 Å². The number of carbonyl (C=O) groups is 1. The van der Waals surface area contributed by atoms with Crippen LogP contribution in [0, 0.1) is 12.3 Å². The maximum Gasteiger partial charge on any atom is 0.231 e. The lowest BCUT2D eigenvalue weighted by Gasteiger charge is -2.07.